The second-order valence-corrected chi connectivity index (χ2v) is 2.73. The van der Waals surface area contributed by atoms with Gasteiger partial charge in [-0.3, -0.25) is 10.1 Å². The first-order chi connectivity index (χ1) is 7.10. The van der Waals surface area contributed by atoms with Crippen LogP contribution in [0.5, 0.6) is 0 Å². The molecule has 0 spiro atoms. The van der Waals surface area contributed by atoms with Gasteiger partial charge in [-0.1, -0.05) is 12.7 Å². The van der Waals surface area contributed by atoms with Gasteiger partial charge < -0.3 is 4.74 Å². The van der Waals surface area contributed by atoms with Gasteiger partial charge in [0.2, 0.25) is 0 Å². The first kappa shape index (κ1) is 10.9. The number of ether oxygens (including phenoxy) is 1. The minimum atomic E-state index is -0.731. The van der Waals surface area contributed by atoms with E-state index < -0.39 is 10.9 Å². The van der Waals surface area contributed by atoms with Crippen LogP contribution < -0.4 is 0 Å². The third-order valence-electron chi connectivity index (χ3n) is 1.86. The van der Waals surface area contributed by atoms with E-state index in [-0.39, 0.29) is 11.3 Å². The van der Waals surface area contributed by atoms with Crippen LogP contribution in [0.1, 0.15) is 15.9 Å². The molecule has 0 aliphatic heterocycles. The van der Waals surface area contributed by atoms with Crippen LogP contribution in [0.15, 0.2) is 24.8 Å². The highest BCUT2D eigenvalue weighted by molar-refractivity contribution is 5.94. The van der Waals surface area contributed by atoms with Crippen LogP contribution in [-0.2, 0) is 4.74 Å². The van der Waals surface area contributed by atoms with Crippen molar-refractivity contribution in [2.45, 2.75) is 0 Å². The molecular formula is C10H9NO4. The van der Waals surface area contributed by atoms with Crippen LogP contribution in [0, 0.1) is 10.1 Å². The molecule has 0 unspecified atom stereocenters. The number of carbonyl (C=O) groups is 1. The largest absolute Gasteiger partial charge is 0.465 e. The number of carbonyl (C=O) groups excluding carboxylic acids is 1. The molecule has 0 aromatic heterocycles. The zero-order chi connectivity index (χ0) is 11.4. The molecule has 0 aliphatic rings. The Morgan fingerprint density at radius 2 is 2.27 bits per heavy atom. The smallest absolute Gasteiger partial charge is 0.344 e. The van der Waals surface area contributed by atoms with Crippen molar-refractivity contribution in [3.8, 4) is 0 Å². The Morgan fingerprint density at radius 1 is 1.60 bits per heavy atom. The third kappa shape index (κ3) is 2.19. The van der Waals surface area contributed by atoms with Crippen molar-refractivity contribution < 1.29 is 14.5 Å². The number of hydrogen-bond donors (Lipinski definition) is 0. The van der Waals surface area contributed by atoms with E-state index in [1.165, 1.54) is 31.4 Å². The fourth-order valence-electron chi connectivity index (χ4n) is 1.11. The molecule has 5 heteroatoms. The predicted molar refractivity (Wildman–Crippen MR) is 54.5 cm³/mol. The molecule has 0 fully saturated rings. The summed E-state index contributed by atoms with van der Waals surface area (Å²) in [5.41, 5.74) is 0.286. The Balaban J connectivity index is 3.34. The number of rotatable bonds is 3. The Morgan fingerprint density at radius 3 is 2.73 bits per heavy atom. The number of esters is 1. The fraction of sp³-hybridized carbons (Fsp3) is 0.100. The number of benzene rings is 1. The maximum absolute atomic E-state index is 11.2. The van der Waals surface area contributed by atoms with Gasteiger partial charge in [0, 0.05) is 6.07 Å². The van der Waals surface area contributed by atoms with Crippen molar-refractivity contribution >= 4 is 17.7 Å². The number of hydrogen-bond acceptors (Lipinski definition) is 4. The van der Waals surface area contributed by atoms with Gasteiger partial charge in [-0.25, -0.2) is 4.79 Å². The molecule has 15 heavy (non-hydrogen) atoms. The molecule has 0 saturated heterocycles. The van der Waals surface area contributed by atoms with Crippen molar-refractivity contribution in [3.63, 3.8) is 0 Å². The van der Waals surface area contributed by atoms with E-state index in [1.54, 1.807) is 0 Å². The Kier molecular flexibility index (Phi) is 3.17. The average molecular weight is 207 g/mol. The van der Waals surface area contributed by atoms with Crippen LogP contribution in [0.2, 0.25) is 0 Å². The lowest BCUT2D eigenvalue weighted by Gasteiger charge is -2.01. The lowest BCUT2D eigenvalue weighted by Crippen LogP contribution is -2.05. The standard InChI is InChI=1S/C10H9NO4/c1-3-7-4-5-9(11(13)14)8(6-7)10(12)15-2/h3-6H,1H2,2H3. The SMILES string of the molecule is C=Cc1ccc([N+](=O)[O-])c(C(=O)OC)c1. The molecule has 0 N–H and O–H groups in total. The van der Waals surface area contributed by atoms with Gasteiger partial charge in [-0.2, -0.15) is 0 Å². The molecule has 78 valence electrons. The monoisotopic (exact) mass is 207 g/mol. The summed E-state index contributed by atoms with van der Waals surface area (Å²) in [6, 6.07) is 4.14. The highest BCUT2D eigenvalue weighted by Gasteiger charge is 2.20. The summed E-state index contributed by atoms with van der Waals surface area (Å²) >= 11 is 0. The molecule has 1 aromatic rings. The van der Waals surface area contributed by atoms with Crippen LogP contribution in [0.4, 0.5) is 5.69 Å². The molecule has 5 nitrogen and oxygen atoms in total. The highest BCUT2D eigenvalue weighted by Crippen LogP contribution is 2.21. The summed E-state index contributed by atoms with van der Waals surface area (Å²) in [5, 5.41) is 10.6. The molecular weight excluding hydrogens is 198 g/mol. The Hall–Kier alpha value is -2.17. The van der Waals surface area contributed by atoms with Crippen LogP contribution in [0.3, 0.4) is 0 Å². The quantitative estimate of drug-likeness (QED) is 0.432. The van der Waals surface area contributed by atoms with E-state index in [9.17, 15) is 14.9 Å². The Bertz CT molecular complexity index is 425. The summed E-state index contributed by atoms with van der Waals surface area (Å²) < 4.78 is 4.45. The normalized spacial score (nSPS) is 9.40. The Labute approximate surface area is 86.1 Å². The van der Waals surface area contributed by atoms with Crippen molar-refractivity contribution in [2.75, 3.05) is 7.11 Å². The van der Waals surface area contributed by atoms with Crippen molar-refractivity contribution in [2.24, 2.45) is 0 Å². The summed E-state index contributed by atoms with van der Waals surface area (Å²) in [7, 11) is 1.17. The minimum Gasteiger partial charge on any atom is -0.465 e. The molecule has 0 heterocycles. The van der Waals surface area contributed by atoms with Gasteiger partial charge in [0.15, 0.2) is 0 Å². The maximum Gasteiger partial charge on any atom is 0.344 e. The van der Waals surface area contributed by atoms with E-state index in [0.717, 1.165) is 0 Å². The van der Waals surface area contributed by atoms with Gasteiger partial charge >= 0.3 is 5.97 Å². The average Bonchev–Trinajstić information content (AvgIpc) is 2.26. The predicted octanol–water partition coefficient (Wildman–Crippen LogP) is 2.02. The molecule has 0 saturated carbocycles. The number of nitrogens with zero attached hydrogens (tertiary/aromatic N) is 1. The van der Waals surface area contributed by atoms with Crippen molar-refractivity contribution in [1.29, 1.82) is 0 Å². The van der Waals surface area contributed by atoms with Gasteiger partial charge in [0.1, 0.15) is 5.56 Å². The van der Waals surface area contributed by atoms with Crippen molar-refractivity contribution in [1.82, 2.24) is 0 Å². The van der Waals surface area contributed by atoms with E-state index in [1.807, 2.05) is 0 Å². The molecule has 1 rings (SSSR count). The first-order valence-electron chi connectivity index (χ1n) is 4.09. The molecule has 1 aromatic carbocycles. The zero-order valence-electron chi connectivity index (χ0n) is 8.10. The lowest BCUT2D eigenvalue weighted by atomic mass is 10.1. The van der Waals surface area contributed by atoms with Gasteiger partial charge in [-0.05, 0) is 17.7 Å². The van der Waals surface area contributed by atoms with Crippen molar-refractivity contribution in [3.05, 3.63) is 46.0 Å². The number of nitro groups is 1. The highest BCUT2D eigenvalue weighted by atomic mass is 16.6. The van der Waals surface area contributed by atoms with Crippen LogP contribution >= 0.6 is 0 Å². The van der Waals surface area contributed by atoms with Gasteiger partial charge in [0.05, 0.1) is 12.0 Å². The second-order valence-electron chi connectivity index (χ2n) is 2.73. The zero-order valence-corrected chi connectivity index (χ0v) is 8.10. The second kappa shape index (κ2) is 4.36. The first-order valence-corrected chi connectivity index (χ1v) is 4.09. The topological polar surface area (TPSA) is 69.4 Å². The summed E-state index contributed by atoms with van der Waals surface area (Å²) in [5.74, 6) is -0.731. The van der Waals surface area contributed by atoms with Gasteiger partial charge in [0.25, 0.3) is 5.69 Å². The lowest BCUT2D eigenvalue weighted by molar-refractivity contribution is -0.385. The molecule has 0 atom stereocenters. The number of methoxy groups -OCH3 is 1. The van der Waals surface area contributed by atoms with Crippen LogP contribution in [-0.4, -0.2) is 18.0 Å². The van der Waals surface area contributed by atoms with E-state index >= 15 is 0 Å². The summed E-state index contributed by atoms with van der Waals surface area (Å²) in [6.07, 6.45) is 1.50. The third-order valence-corrected chi connectivity index (χ3v) is 1.86. The minimum absolute atomic E-state index is 0.0695. The molecule has 0 amide bonds. The van der Waals surface area contributed by atoms with E-state index in [4.69, 9.17) is 0 Å². The summed E-state index contributed by atoms with van der Waals surface area (Å²) in [6.45, 7) is 3.51. The van der Waals surface area contributed by atoms with E-state index in [0.29, 0.717) is 5.56 Å². The fourth-order valence-corrected chi connectivity index (χ4v) is 1.11. The van der Waals surface area contributed by atoms with Crippen LogP contribution in [0.25, 0.3) is 6.08 Å². The molecule has 0 radical (unpaired) electrons. The number of nitro benzene ring substituents is 1. The molecule has 0 bridgehead atoms. The maximum atomic E-state index is 11.2. The van der Waals surface area contributed by atoms with Gasteiger partial charge in [-0.15, -0.1) is 0 Å². The molecule has 0 aliphatic carbocycles. The van der Waals surface area contributed by atoms with E-state index in [2.05, 4.69) is 11.3 Å². The summed E-state index contributed by atoms with van der Waals surface area (Å²) in [4.78, 5) is 21.2.